The number of rotatable bonds is 5. The highest BCUT2D eigenvalue weighted by atomic mass is 16.5. The summed E-state index contributed by atoms with van der Waals surface area (Å²) in [5, 5.41) is 12.8. The zero-order valence-electron chi connectivity index (χ0n) is 13.5. The SMILES string of the molecule is CCCCn1cc(C(=O)OCC)c2cc(O)c3ccccc3c21. The van der Waals surface area contributed by atoms with E-state index in [0.29, 0.717) is 12.2 Å². The Labute approximate surface area is 135 Å². The first kappa shape index (κ1) is 15.4. The minimum atomic E-state index is -0.345. The highest BCUT2D eigenvalue weighted by molar-refractivity contribution is 6.15. The Morgan fingerprint density at radius 2 is 1.91 bits per heavy atom. The molecule has 0 atom stereocenters. The summed E-state index contributed by atoms with van der Waals surface area (Å²) in [7, 11) is 0. The second-order valence-electron chi connectivity index (χ2n) is 5.65. The number of ether oxygens (including phenoxy) is 1. The Morgan fingerprint density at radius 3 is 2.61 bits per heavy atom. The molecule has 1 aromatic heterocycles. The van der Waals surface area contributed by atoms with Gasteiger partial charge in [-0.15, -0.1) is 0 Å². The quantitative estimate of drug-likeness (QED) is 0.707. The number of carbonyl (C=O) groups is 1. The summed E-state index contributed by atoms with van der Waals surface area (Å²) in [4.78, 5) is 12.3. The van der Waals surface area contributed by atoms with E-state index in [1.807, 2.05) is 30.5 Å². The Bertz CT molecular complexity index is 864. The summed E-state index contributed by atoms with van der Waals surface area (Å²) >= 11 is 0. The largest absolute Gasteiger partial charge is 0.507 e. The summed E-state index contributed by atoms with van der Waals surface area (Å²) in [6, 6.07) is 9.40. The average molecular weight is 311 g/mol. The number of hydrogen-bond donors (Lipinski definition) is 1. The van der Waals surface area contributed by atoms with E-state index in [9.17, 15) is 9.90 Å². The van der Waals surface area contributed by atoms with Crippen LogP contribution in [0.15, 0.2) is 36.5 Å². The van der Waals surface area contributed by atoms with Gasteiger partial charge in [-0.1, -0.05) is 37.6 Å². The van der Waals surface area contributed by atoms with Crippen molar-refractivity contribution in [3.8, 4) is 5.75 Å². The van der Waals surface area contributed by atoms with E-state index in [1.54, 1.807) is 13.0 Å². The van der Waals surface area contributed by atoms with Gasteiger partial charge in [-0.2, -0.15) is 0 Å². The lowest BCUT2D eigenvalue weighted by molar-refractivity contribution is 0.0528. The van der Waals surface area contributed by atoms with Crippen molar-refractivity contribution >= 4 is 27.6 Å². The molecule has 0 fully saturated rings. The van der Waals surface area contributed by atoms with Gasteiger partial charge in [0.15, 0.2) is 0 Å². The molecule has 120 valence electrons. The highest BCUT2D eigenvalue weighted by Crippen LogP contribution is 2.35. The molecule has 0 spiro atoms. The molecule has 3 rings (SSSR count). The minimum absolute atomic E-state index is 0.187. The maximum Gasteiger partial charge on any atom is 0.340 e. The van der Waals surface area contributed by atoms with Crippen molar-refractivity contribution in [2.45, 2.75) is 33.2 Å². The molecule has 4 heteroatoms. The summed E-state index contributed by atoms with van der Waals surface area (Å²) < 4.78 is 7.28. The van der Waals surface area contributed by atoms with Gasteiger partial charge in [-0.05, 0) is 19.4 Å². The maximum atomic E-state index is 12.3. The molecular formula is C19H21NO3. The van der Waals surface area contributed by atoms with E-state index < -0.39 is 0 Å². The lowest BCUT2D eigenvalue weighted by Gasteiger charge is -2.08. The van der Waals surface area contributed by atoms with Crippen LogP contribution in [0.25, 0.3) is 21.7 Å². The Balaban J connectivity index is 2.32. The molecule has 0 aliphatic rings. The minimum Gasteiger partial charge on any atom is -0.507 e. The van der Waals surface area contributed by atoms with Crippen molar-refractivity contribution in [3.05, 3.63) is 42.1 Å². The molecule has 0 bridgehead atoms. The maximum absolute atomic E-state index is 12.3. The number of aromatic hydroxyl groups is 1. The number of fused-ring (bicyclic) bond motifs is 3. The summed E-state index contributed by atoms with van der Waals surface area (Å²) in [6.07, 6.45) is 3.95. The fraction of sp³-hybridized carbons (Fsp3) is 0.316. The lowest BCUT2D eigenvalue weighted by Crippen LogP contribution is -2.04. The molecular weight excluding hydrogens is 290 g/mol. The van der Waals surface area contributed by atoms with Crippen LogP contribution in [-0.4, -0.2) is 22.2 Å². The monoisotopic (exact) mass is 311 g/mol. The molecule has 0 radical (unpaired) electrons. The number of unbranched alkanes of at least 4 members (excludes halogenated alkanes) is 1. The summed E-state index contributed by atoms with van der Waals surface area (Å²) in [5.74, 6) is -0.158. The summed E-state index contributed by atoms with van der Waals surface area (Å²) in [6.45, 7) is 5.10. The molecule has 1 N–H and O–H groups in total. The number of nitrogens with zero attached hydrogens (tertiary/aromatic N) is 1. The lowest BCUT2D eigenvalue weighted by atomic mass is 10.0. The van der Waals surface area contributed by atoms with Gasteiger partial charge in [0.05, 0.1) is 17.7 Å². The van der Waals surface area contributed by atoms with Crippen LogP contribution in [-0.2, 0) is 11.3 Å². The number of carbonyl (C=O) groups excluding carboxylic acids is 1. The van der Waals surface area contributed by atoms with Gasteiger partial charge in [-0.25, -0.2) is 4.79 Å². The summed E-state index contributed by atoms with van der Waals surface area (Å²) in [5.41, 5.74) is 1.49. The number of phenols is 1. The van der Waals surface area contributed by atoms with E-state index in [-0.39, 0.29) is 11.7 Å². The van der Waals surface area contributed by atoms with Crippen molar-refractivity contribution in [2.75, 3.05) is 6.61 Å². The smallest absolute Gasteiger partial charge is 0.340 e. The molecule has 0 unspecified atom stereocenters. The fourth-order valence-electron chi connectivity index (χ4n) is 3.02. The van der Waals surface area contributed by atoms with Crippen LogP contribution < -0.4 is 0 Å². The van der Waals surface area contributed by atoms with E-state index >= 15 is 0 Å². The van der Waals surface area contributed by atoms with E-state index in [1.165, 1.54) is 0 Å². The third-order valence-electron chi connectivity index (χ3n) is 4.10. The van der Waals surface area contributed by atoms with Crippen LogP contribution in [0.5, 0.6) is 5.75 Å². The Kier molecular flexibility index (Phi) is 4.24. The van der Waals surface area contributed by atoms with Gasteiger partial charge in [0.25, 0.3) is 0 Å². The van der Waals surface area contributed by atoms with Crippen LogP contribution in [0.4, 0.5) is 0 Å². The number of esters is 1. The molecule has 3 aromatic rings. The molecule has 0 aliphatic heterocycles. The molecule has 0 aliphatic carbocycles. The van der Waals surface area contributed by atoms with Crippen molar-refractivity contribution in [1.82, 2.24) is 4.57 Å². The van der Waals surface area contributed by atoms with Crippen molar-refractivity contribution in [2.24, 2.45) is 0 Å². The first-order valence-corrected chi connectivity index (χ1v) is 8.08. The van der Waals surface area contributed by atoms with Crippen molar-refractivity contribution < 1.29 is 14.6 Å². The number of aryl methyl sites for hydroxylation is 1. The molecule has 23 heavy (non-hydrogen) atoms. The molecule has 0 saturated carbocycles. The van der Waals surface area contributed by atoms with E-state index in [4.69, 9.17) is 4.74 Å². The van der Waals surface area contributed by atoms with E-state index in [0.717, 1.165) is 41.1 Å². The van der Waals surface area contributed by atoms with Gasteiger partial charge in [0.1, 0.15) is 5.75 Å². The van der Waals surface area contributed by atoms with Crippen LogP contribution in [0.2, 0.25) is 0 Å². The van der Waals surface area contributed by atoms with E-state index in [2.05, 4.69) is 11.5 Å². The normalized spacial score (nSPS) is 11.2. The van der Waals surface area contributed by atoms with Gasteiger partial charge in [0, 0.05) is 28.9 Å². The van der Waals surface area contributed by atoms with Gasteiger partial charge in [0.2, 0.25) is 0 Å². The van der Waals surface area contributed by atoms with Gasteiger partial charge < -0.3 is 14.4 Å². The first-order valence-electron chi connectivity index (χ1n) is 8.08. The zero-order valence-corrected chi connectivity index (χ0v) is 13.5. The molecule has 0 saturated heterocycles. The number of benzene rings is 2. The molecule has 2 aromatic carbocycles. The predicted octanol–water partition coefficient (Wildman–Crippen LogP) is 4.48. The third-order valence-corrected chi connectivity index (χ3v) is 4.10. The first-order chi connectivity index (χ1) is 11.2. The molecule has 0 amide bonds. The average Bonchev–Trinajstić information content (AvgIpc) is 2.92. The second kappa shape index (κ2) is 6.32. The zero-order chi connectivity index (χ0) is 16.4. The fourth-order valence-corrected chi connectivity index (χ4v) is 3.02. The molecule has 4 nitrogen and oxygen atoms in total. The number of aromatic nitrogens is 1. The van der Waals surface area contributed by atoms with Gasteiger partial charge in [-0.3, -0.25) is 0 Å². The van der Waals surface area contributed by atoms with Crippen LogP contribution in [0.1, 0.15) is 37.0 Å². The molecule has 1 heterocycles. The Morgan fingerprint density at radius 1 is 1.17 bits per heavy atom. The highest BCUT2D eigenvalue weighted by Gasteiger charge is 2.19. The topological polar surface area (TPSA) is 51.5 Å². The van der Waals surface area contributed by atoms with Crippen LogP contribution >= 0.6 is 0 Å². The van der Waals surface area contributed by atoms with Crippen molar-refractivity contribution in [3.63, 3.8) is 0 Å². The standard InChI is InChI=1S/C19H21NO3/c1-3-5-10-20-12-16(19(22)23-4-2)15-11-17(21)13-8-6-7-9-14(13)18(15)20/h6-9,11-12,21H,3-5,10H2,1-2H3. The Hall–Kier alpha value is -2.49. The number of hydrogen-bond acceptors (Lipinski definition) is 3. The second-order valence-corrected chi connectivity index (χ2v) is 5.65. The van der Waals surface area contributed by atoms with Crippen LogP contribution in [0.3, 0.4) is 0 Å². The van der Waals surface area contributed by atoms with Crippen LogP contribution in [0, 0.1) is 0 Å². The predicted molar refractivity (Wildman–Crippen MR) is 92.0 cm³/mol. The van der Waals surface area contributed by atoms with Gasteiger partial charge >= 0.3 is 5.97 Å². The number of phenolic OH excluding ortho intramolecular Hbond substituents is 1. The third kappa shape index (κ3) is 2.65. The van der Waals surface area contributed by atoms with Crippen molar-refractivity contribution in [1.29, 1.82) is 0 Å².